The molecule has 1 fully saturated rings. The number of aryl methyl sites for hydroxylation is 2. The number of thiophene rings is 1. The van der Waals surface area contributed by atoms with E-state index in [2.05, 4.69) is 24.0 Å². The van der Waals surface area contributed by atoms with Crippen LogP contribution in [-0.4, -0.2) is 32.4 Å². The van der Waals surface area contributed by atoms with Crippen LogP contribution in [-0.2, 0) is 30.5 Å². The number of thioether (sulfide) groups is 1. The predicted molar refractivity (Wildman–Crippen MR) is 127 cm³/mol. The summed E-state index contributed by atoms with van der Waals surface area (Å²) >= 11 is 3.22. The van der Waals surface area contributed by atoms with Crippen molar-refractivity contribution in [2.24, 2.45) is 5.92 Å². The van der Waals surface area contributed by atoms with Gasteiger partial charge in [-0.1, -0.05) is 30.8 Å². The van der Waals surface area contributed by atoms with Crippen molar-refractivity contribution in [1.29, 1.82) is 0 Å². The molecule has 172 valence electrons. The lowest BCUT2D eigenvalue weighted by Crippen LogP contribution is -2.29. The lowest BCUT2D eigenvalue weighted by Gasteiger charge is -2.19. The molecule has 1 aliphatic carbocycles. The minimum atomic E-state index is -0.0946. The SMILES string of the molecule is CCCc1noc(C(C)Sc2nc3sc4c(c3c(=O)n2CC2CCCO2)CCC(C)C4)n1. The molecule has 7 nitrogen and oxygen atoms in total. The molecule has 3 unspecified atom stereocenters. The highest BCUT2D eigenvalue weighted by atomic mass is 32.2. The van der Waals surface area contributed by atoms with Crippen LogP contribution < -0.4 is 5.56 Å². The van der Waals surface area contributed by atoms with Gasteiger partial charge in [0.15, 0.2) is 11.0 Å². The molecule has 3 atom stereocenters. The van der Waals surface area contributed by atoms with Crippen LogP contribution in [0.1, 0.15) is 73.9 Å². The summed E-state index contributed by atoms with van der Waals surface area (Å²) in [6.45, 7) is 7.72. The molecule has 0 N–H and O–H groups in total. The second-order valence-electron chi connectivity index (χ2n) is 9.04. The van der Waals surface area contributed by atoms with Gasteiger partial charge < -0.3 is 9.26 Å². The van der Waals surface area contributed by atoms with Gasteiger partial charge in [0.05, 0.1) is 23.3 Å². The van der Waals surface area contributed by atoms with E-state index >= 15 is 0 Å². The highest BCUT2D eigenvalue weighted by Crippen LogP contribution is 2.38. The molecule has 2 aliphatic rings. The van der Waals surface area contributed by atoms with Gasteiger partial charge in [-0.2, -0.15) is 4.98 Å². The summed E-state index contributed by atoms with van der Waals surface area (Å²) in [5.41, 5.74) is 1.30. The number of hydrogen-bond donors (Lipinski definition) is 0. The van der Waals surface area contributed by atoms with E-state index in [1.165, 1.54) is 22.2 Å². The summed E-state index contributed by atoms with van der Waals surface area (Å²) in [7, 11) is 0. The third-order valence-corrected chi connectivity index (χ3v) is 8.60. The molecule has 3 aromatic heterocycles. The van der Waals surface area contributed by atoms with Gasteiger partial charge in [0, 0.05) is 17.9 Å². The molecule has 9 heteroatoms. The molecule has 4 heterocycles. The Morgan fingerprint density at radius 2 is 2.19 bits per heavy atom. The monoisotopic (exact) mass is 474 g/mol. The van der Waals surface area contributed by atoms with Gasteiger partial charge in [-0.25, -0.2) is 4.98 Å². The van der Waals surface area contributed by atoms with E-state index in [0.29, 0.717) is 23.5 Å². The van der Waals surface area contributed by atoms with Crippen LogP contribution in [0.25, 0.3) is 10.2 Å². The van der Waals surface area contributed by atoms with Gasteiger partial charge in [-0.15, -0.1) is 11.3 Å². The minimum Gasteiger partial charge on any atom is -0.376 e. The maximum absolute atomic E-state index is 13.8. The molecule has 0 bridgehead atoms. The highest BCUT2D eigenvalue weighted by molar-refractivity contribution is 7.99. The van der Waals surface area contributed by atoms with E-state index in [1.54, 1.807) is 11.3 Å². The molecule has 5 rings (SSSR count). The first kappa shape index (κ1) is 22.1. The van der Waals surface area contributed by atoms with E-state index in [9.17, 15) is 4.79 Å². The second kappa shape index (κ2) is 9.27. The minimum absolute atomic E-state index is 0.0654. The Balaban J connectivity index is 1.54. The summed E-state index contributed by atoms with van der Waals surface area (Å²) in [6, 6.07) is 0. The maximum Gasteiger partial charge on any atom is 0.263 e. The molecular formula is C23H30N4O3S2. The Labute approximate surface area is 196 Å². The largest absolute Gasteiger partial charge is 0.376 e. The Hall–Kier alpha value is -1.71. The van der Waals surface area contributed by atoms with Crippen molar-refractivity contribution >= 4 is 33.3 Å². The molecule has 0 saturated carbocycles. The molecule has 32 heavy (non-hydrogen) atoms. The molecule has 0 amide bonds. The Bertz CT molecular complexity index is 1160. The Morgan fingerprint density at radius 1 is 1.31 bits per heavy atom. The standard InChI is InChI=1S/C23H30N4O3S2/c1-4-6-18-24-20(30-26-18)14(3)31-23-25-21-19(16-9-8-13(2)11-17(16)32-21)22(28)27(23)12-15-7-5-10-29-15/h13-15H,4-12H2,1-3H3. The third kappa shape index (κ3) is 4.26. The zero-order valence-corrected chi connectivity index (χ0v) is 20.6. The summed E-state index contributed by atoms with van der Waals surface area (Å²) < 4.78 is 13.2. The number of fused-ring (bicyclic) bond motifs is 3. The van der Waals surface area contributed by atoms with Gasteiger partial charge >= 0.3 is 0 Å². The molecular weight excluding hydrogens is 444 g/mol. The van der Waals surface area contributed by atoms with Crippen molar-refractivity contribution in [3.8, 4) is 0 Å². The van der Waals surface area contributed by atoms with Gasteiger partial charge in [-0.3, -0.25) is 9.36 Å². The van der Waals surface area contributed by atoms with E-state index in [0.717, 1.165) is 67.6 Å². The van der Waals surface area contributed by atoms with Crippen LogP contribution in [0, 0.1) is 5.92 Å². The lowest BCUT2D eigenvalue weighted by molar-refractivity contribution is 0.0937. The van der Waals surface area contributed by atoms with Crippen molar-refractivity contribution in [2.45, 2.75) is 88.8 Å². The maximum atomic E-state index is 13.8. The smallest absolute Gasteiger partial charge is 0.263 e. The fraction of sp³-hybridized carbons (Fsp3) is 0.652. The van der Waals surface area contributed by atoms with Crippen LogP contribution in [0.5, 0.6) is 0 Å². The first-order chi connectivity index (χ1) is 15.5. The van der Waals surface area contributed by atoms with Crippen molar-refractivity contribution < 1.29 is 9.26 Å². The average Bonchev–Trinajstić information content (AvgIpc) is 3.50. The number of hydrogen-bond acceptors (Lipinski definition) is 8. The van der Waals surface area contributed by atoms with Gasteiger partial charge in [0.2, 0.25) is 5.89 Å². The number of nitrogens with zero attached hydrogens (tertiary/aromatic N) is 4. The second-order valence-corrected chi connectivity index (χ2v) is 11.4. The normalized spacial score (nSPS) is 21.8. The average molecular weight is 475 g/mol. The molecule has 3 aromatic rings. The van der Waals surface area contributed by atoms with Crippen molar-refractivity contribution in [2.75, 3.05) is 6.61 Å². The van der Waals surface area contributed by atoms with Crippen LogP contribution in [0.2, 0.25) is 0 Å². The van der Waals surface area contributed by atoms with E-state index in [4.69, 9.17) is 14.2 Å². The summed E-state index contributed by atoms with van der Waals surface area (Å²) in [6.07, 6.45) is 7.01. The van der Waals surface area contributed by atoms with Gasteiger partial charge in [-0.05, 0) is 56.9 Å². The van der Waals surface area contributed by atoms with Crippen LogP contribution in [0.15, 0.2) is 14.5 Å². The van der Waals surface area contributed by atoms with E-state index in [-0.39, 0.29) is 16.9 Å². The molecule has 0 spiro atoms. The van der Waals surface area contributed by atoms with Gasteiger partial charge in [0.1, 0.15) is 4.83 Å². The number of aromatic nitrogens is 4. The summed E-state index contributed by atoms with van der Waals surface area (Å²) in [5.74, 6) is 1.97. The lowest BCUT2D eigenvalue weighted by atomic mass is 9.89. The quantitative estimate of drug-likeness (QED) is 0.354. The van der Waals surface area contributed by atoms with Crippen LogP contribution >= 0.6 is 23.1 Å². The number of ether oxygens (including phenoxy) is 1. The number of rotatable bonds is 7. The molecule has 1 aliphatic heterocycles. The Kier molecular flexibility index (Phi) is 6.40. The first-order valence-corrected chi connectivity index (χ1v) is 13.4. The molecule has 1 saturated heterocycles. The van der Waals surface area contributed by atoms with Crippen molar-refractivity contribution in [3.05, 3.63) is 32.5 Å². The van der Waals surface area contributed by atoms with Crippen LogP contribution in [0.4, 0.5) is 0 Å². The Morgan fingerprint density at radius 3 is 2.97 bits per heavy atom. The fourth-order valence-corrected chi connectivity index (χ4v) is 6.99. The topological polar surface area (TPSA) is 83.0 Å². The molecule has 0 aromatic carbocycles. The first-order valence-electron chi connectivity index (χ1n) is 11.7. The van der Waals surface area contributed by atoms with E-state index < -0.39 is 0 Å². The zero-order valence-electron chi connectivity index (χ0n) is 18.9. The zero-order chi connectivity index (χ0) is 22.2. The molecule has 0 radical (unpaired) electrons. The van der Waals surface area contributed by atoms with Crippen molar-refractivity contribution in [3.63, 3.8) is 0 Å². The third-order valence-electron chi connectivity index (χ3n) is 6.38. The fourth-order valence-electron chi connectivity index (χ4n) is 4.61. The van der Waals surface area contributed by atoms with Crippen LogP contribution in [0.3, 0.4) is 0 Å². The summed E-state index contributed by atoms with van der Waals surface area (Å²) in [5, 5.41) is 5.54. The summed E-state index contributed by atoms with van der Waals surface area (Å²) in [4.78, 5) is 25.5. The van der Waals surface area contributed by atoms with E-state index in [1.807, 2.05) is 11.5 Å². The van der Waals surface area contributed by atoms with Gasteiger partial charge in [0.25, 0.3) is 5.56 Å². The predicted octanol–water partition coefficient (Wildman–Crippen LogP) is 4.95. The highest BCUT2D eigenvalue weighted by Gasteiger charge is 2.28. The van der Waals surface area contributed by atoms with Crippen molar-refractivity contribution in [1.82, 2.24) is 19.7 Å².